The molecule has 0 unspecified atom stereocenters. The third kappa shape index (κ3) is 2.37. The lowest BCUT2D eigenvalue weighted by molar-refractivity contribution is 1.04. The van der Waals surface area contributed by atoms with Gasteiger partial charge in [0, 0.05) is 20.5 Å². The fourth-order valence-corrected chi connectivity index (χ4v) is 2.16. The third-order valence-corrected chi connectivity index (χ3v) is 2.63. The molecule has 0 aliphatic heterocycles. The molecule has 0 saturated carbocycles. The minimum Gasteiger partial charge on any atom is -0.241 e. The summed E-state index contributed by atoms with van der Waals surface area (Å²) in [6.07, 6.45) is 5.32. The zero-order valence-electron chi connectivity index (χ0n) is 7.71. The Hall–Kier alpha value is -0.710. The van der Waals surface area contributed by atoms with Gasteiger partial charge in [-0.2, -0.15) is 0 Å². The van der Waals surface area contributed by atoms with Crippen molar-refractivity contribution in [3.8, 4) is 0 Å². The van der Waals surface area contributed by atoms with Crippen LogP contribution in [0.1, 0.15) is 17.0 Å². The Morgan fingerprint density at radius 1 is 1.38 bits per heavy atom. The quantitative estimate of drug-likeness (QED) is 0.617. The fourth-order valence-electron chi connectivity index (χ4n) is 1.13. The molecule has 1 aromatic heterocycles. The molecule has 13 heavy (non-hydrogen) atoms. The first-order chi connectivity index (χ1) is 6.16. The summed E-state index contributed by atoms with van der Waals surface area (Å²) in [5.74, 6) is 0. The molecule has 0 fully saturated rings. The predicted octanol–water partition coefficient (Wildman–Crippen LogP) is 3.06. The van der Waals surface area contributed by atoms with Crippen molar-refractivity contribution in [2.45, 2.75) is 13.8 Å². The zero-order chi connectivity index (χ0) is 9.84. The smallest absolute Gasteiger partial charge is 0.115 e. The molecule has 1 rings (SSSR count). The van der Waals surface area contributed by atoms with E-state index < -0.39 is 0 Å². The van der Waals surface area contributed by atoms with Crippen molar-refractivity contribution in [2.75, 3.05) is 0 Å². The average Bonchev–Trinajstić information content (AvgIpc) is 2.04. The van der Waals surface area contributed by atoms with Crippen molar-refractivity contribution >= 4 is 26.2 Å². The Bertz CT molecular complexity index is 336. The SMILES string of the molecule is C=C/C=C(/I)c1c(C)ncnc1C. The Labute approximate surface area is 91.9 Å². The van der Waals surface area contributed by atoms with Gasteiger partial charge in [-0.1, -0.05) is 12.7 Å². The number of halogens is 1. The molecule has 1 heterocycles. The molecule has 68 valence electrons. The highest BCUT2D eigenvalue weighted by Crippen LogP contribution is 2.25. The van der Waals surface area contributed by atoms with Crippen LogP contribution in [0.5, 0.6) is 0 Å². The standard InChI is InChI=1S/C10H11IN2/c1-4-5-9(11)10-7(2)12-6-13-8(10)3/h4-6H,1H2,2-3H3/b9-5+. The Kier molecular flexibility index (Phi) is 3.59. The van der Waals surface area contributed by atoms with E-state index in [4.69, 9.17) is 0 Å². The molecule has 0 spiro atoms. The lowest BCUT2D eigenvalue weighted by Gasteiger charge is -2.05. The lowest BCUT2D eigenvalue weighted by Crippen LogP contribution is -1.95. The number of aromatic nitrogens is 2. The van der Waals surface area contributed by atoms with Gasteiger partial charge in [-0.15, -0.1) is 0 Å². The zero-order valence-corrected chi connectivity index (χ0v) is 9.87. The molecule has 0 aromatic carbocycles. The van der Waals surface area contributed by atoms with E-state index in [0.717, 1.165) is 20.5 Å². The number of hydrogen-bond acceptors (Lipinski definition) is 2. The van der Waals surface area contributed by atoms with E-state index in [1.807, 2.05) is 19.9 Å². The Balaban J connectivity index is 3.27. The van der Waals surface area contributed by atoms with Crippen LogP contribution in [0.15, 0.2) is 25.1 Å². The van der Waals surface area contributed by atoms with E-state index in [2.05, 4.69) is 39.1 Å². The monoisotopic (exact) mass is 286 g/mol. The highest BCUT2D eigenvalue weighted by atomic mass is 127. The number of rotatable bonds is 2. The fraction of sp³-hybridized carbons (Fsp3) is 0.200. The maximum absolute atomic E-state index is 4.15. The van der Waals surface area contributed by atoms with Crippen molar-refractivity contribution in [3.05, 3.63) is 42.0 Å². The Morgan fingerprint density at radius 3 is 2.38 bits per heavy atom. The number of hydrogen-bond donors (Lipinski definition) is 0. The van der Waals surface area contributed by atoms with Gasteiger partial charge in [0.1, 0.15) is 6.33 Å². The summed E-state index contributed by atoms with van der Waals surface area (Å²) in [4.78, 5) is 8.30. The summed E-state index contributed by atoms with van der Waals surface area (Å²) >= 11 is 2.27. The van der Waals surface area contributed by atoms with Gasteiger partial charge in [-0.25, -0.2) is 9.97 Å². The summed E-state index contributed by atoms with van der Waals surface area (Å²) in [6.45, 7) is 7.63. The molecule has 0 aliphatic carbocycles. The van der Waals surface area contributed by atoms with Gasteiger partial charge in [0.2, 0.25) is 0 Å². The molecule has 0 amide bonds. The van der Waals surface area contributed by atoms with Crippen LogP contribution in [-0.2, 0) is 0 Å². The molecule has 2 nitrogen and oxygen atoms in total. The average molecular weight is 286 g/mol. The number of allylic oxidation sites excluding steroid dienone is 2. The van der Waals surface area contributed by atoms with E-state index in [1.54, 1.807) is 12.4 Å². The summed E-state index contributed by atoms with van der Waals surface area (Å²) in [7, 11) is 0. The summed E-state index contributed by atoms with van der Waals surface area (Å²) in [6, 6.07) is 0. The molecular weight excluding hydrogens is 275 g/mol. The molecule has 1 aromatic rings. The van der Waals surface area contributed by atoms with E-state index in [1.165, 1.54) is 0 Å². The van der Waals surface area contributed by atoms with Crippen LogP contribution in [0.25, 0.3) is 3.58 Å². The normalized spacial score (nSPS) is 11.5. The highest BCUT2D eigenvalue weighted by molar-refractivity contribution is 14.1. The molecule has 3 heteroatoms. The summed E-state index contributed by atoms with van der Waals surface area (Å²) < 4.78 is 1.13. The second-order valence-electron chi connectivity index (χ2n) is 2.67. The van der Waals surface area contributed by atoms with E-state index >= 15 is 0 Å². The lowest BCUT2D eigenvalue weighted by atomic mass is 10.1. The van der Waals surface area contributed by atoms with Crippen LogP contribution in [-0.4, -0.2) is 9.97 Å². The first kappa shape index (κ1) is 10.4. The highest BCUT2D eigenvalue weighted by Gasteiger charge is 2.06. The van der Waals surface area contributed by atoms with Gasteiger partial charge in [-0.3, -0.25) is 0 Å². The molecule has 0 N–H and O–H groups in total. The van der Waals surface area contributed by atoms with Gasteiger partial charge >= 0.3 is 0 Å². The van der Waals surface area contributed by atoms with Gasteiger partial charge in [-0.05, 0) is 42.5 Å². The topological polar surface area (TPSA) is 25.8 Å². The van der Waals surface area contributed by atoms with E-state index in [0.29, 0.717) is 0 Å². The molecular formula is C10H11IN2. The van der Waals surface area contributed by atoms with Crippen molar-refractivity contribution in [3.63, 3.8) is 0 Å². The van der Waals surface area contributed by atoms with Gasteiger partial charge in [0.15, 0.2) is 0 Å². The molecule has 0 saturated heterocycles. The predicted molar refractivity (Wildman–Crippen MR) is 63.7 cm³/mol. The maximum Gasteiger partial charge on any atom is 0.115 e. The van der Waals surface area contributed by atoms with Crippen LogP contribution in [0.3, 0.4) is 0 Å². The van der Waals surface area contributed by atoms with Gasteiger partial charge in [0.05, 0.1) is 0 Å². The first-order valence-electron chi connectivity index (χ1n) is 3.93. The third-order valence-electron chi connectivity index (χ3n) is 1.73. The van der Waals surface area contributed by atoms with Crippen molar-refractivity contribution in [1.29, 1.82) is 0 Å². The van der Waals surface area contributed by atoms with Crippen LogP contribution in [0.2, 0.25) is 0 Å². The van der Waals surface area contributed by atoms with Crippen LogP contribution in [0.4, 0.5) is 0 Å². The minimum absolute atomic E-state index is 1.01. The summed E-state index contributed by atoms with van der Waals surface area (Å²) in [5.41, 5.74) is 3.13. The van der Waals surface area contributed by atoms with Gasteiger partial charge in [0.25, 0.3) is 0 Å². The number of nitrogens with zero attached hydrogens (tertiary/aromatic N) is 2. The van der Waals surface area contributed by atoms with E-state index in [9.17, 15) is 0 Å². The van der Waals surface area contributed by atoms with E-state index in [-0.39, 0.29) is 0 Å². The van der Waals surface area contributed by atoms with Crippen LogP contribution >= 0.6 is 22.6 Å². The largest absolute Gasteiger partial charge is 0.241 e. The first-order valence-corrected chi connectivity index (χ1v) is 5.01. The maximum atomic E-state index is 4.15. The molecule has 0 atom stereocenters. The van der Waals surface area contributed by atoms with Crippen LogP contribution < -0.4 is 0 Å². The minimum atomic E-state index is 1.01. The molecule has 0 bridgehead atoms. The van der Waals surface area contributed by atoms with Gasteiger partial charge < -0.3 is 0 Å². The molecule has 0 aliphatic rings. The molecule has 0 radical (unpaired) electrons. The second-order valence-corrected chi connectivity index (χ2v) is 3.83. The van der Waals surface area contributed by atoms with Crippen molar-refractivity contribution < 1.29 is 0 Å². The van der Waals surface area contributed by atoms with Crippen LogP contribution in [0, 0.1) is 13.8 Å². The second kappa shape index (κ2) is 4.50. The Morgan fingerprint density at radius 2 is 1.92 bits per heavy atom. The number of aryl methyl sites for hydroxylation is 2. The summed E-state index contributed by atoms with van der Waals surface area (Å²) in [5, 5.41) is 0. The van der Waals surface area contributed by atoms with Crippen molar-refractivity contribution in [2.24, 2.45) is 0 Å². The van der Waals surface area contributed by atoms with Crippen molar-refractivity contribution in [1.82, 2.24) is 9.97 Å².